The van der Waals surface area contributed by atoms with E-state index in [-0.39, 0.29) is 62.5 Å². The summed E-state index contributed by atoms with van der Waals surface area (Å²) in [7, 11) is -4.49. The van der Waals surface area contributed by atoms with Gasteiger partial charge in [0.15, 0.2) is 5.79 Å². The third-order valence-corrected chi connectivity index (χ3v) is 4.28. The molecule has 2 unspecified atom stereocenters. The van der Waals surface area contributed by atoms with Crippen LogP contribution in [0.4, 0.5) is 4.79 Å². The van der Waals surface area contributed by atoms with Crippen molar-refractivity contribution in [1.29, 1.82) is 0 Å². The van der Waals surface area contributed by atoms with E-state index in [1.54, 1.807) is 13.8 Å². The van der Waals surface area contributed by atoms with Crippen molar-refractivity contribution in [3.63, 3.8) is 0 Å². The minimum absolute atomic E-state index is 0. The Balaban J connectivity index is 0.00000364. The molecule has 0 radical (unpaired) electrons. The molecule has 0 aromatic heterocycles. The molecule has 146 valence electrons. The van der Waals surface area contributed by atoms with Crippen LogP contribution in [-0.2, 0) is 34.4 Å². The molecule has 9 nitrogen and oxygen atoms in total. The number of phosphoric ester groups is 1. The van der Waals surface area contributed by atoms with Crippen LogP contribution < -0.4 is 39.8 Å². The Morgan fingerprint density at radius 2 is 2.04 bits per heavy atom. The molecule has 1 amide bonds. The van der Waals surface area contributed by atoms with Crippen LogP contribution in [0, 0.1) is 0 Å². The first kappa shape index (κ1) is 24.6. The zero-order valence-electron chi connectivity index (χ0n) is 15.7. The summed E-state index contributed by atoms with van der Waals surface area (Å²) in [6.45, 7) is 3.30. The number of carbonyl (C=O) groups excluding carboxylic acids is 1. The van der Waals surface area contributed by atoms with Crippen molar-refractivity contribution in [3.8, 4) is 0 Å². The van der Waals surface area contributed by atoms with Gasteiger partial charge in [0.1, 0.15) is 12.7 Å². The molecule has 11 heteroatoms. The van der Waals surface area contributed by atoms with Crippen LogP contribution in [0.25, 0.3) is 0 Å². The number of ether oxygens (including phenoxy) is 3. The quantitative estimate of drug-likeness (QED) is 0.299. The van der Waals surface area contributed by atoms with E-state index < -0.39 is 25.8 Å². The fraction of sp³-hybridized carbons (Fsp3) is 0.562. The van der Waals surface area contributed by atoms with Crippen molar-refractivity contribution >= 4 is 13.9 Å². The summed E-state index contributed by atoms with van der Waals surface area (Å²) in [6, 6.07) is 9.17. The number of phosphoric acid groups is 1. The van der Waals surface area contributed by atoms with Crippen LogP contribution in [0.15, 0.2) is 30.3 Å². The maximum absolute atomic E-state index is 11.6. The molecule has 2 atom stereocenters. The number of amides is 1. The first-order valence-corrected chi connectivity index (χ1v) is 9.58. The Hall–Kier alpha value is -0.480. The zero-order valence-corrected chi connectivity index (χ0v) is 18.6. The topological polar surface area (TPSA) is 115 Å². The molecule has 0 spiro atoms. The standard InChI is InChI=1S/C16H24NO8P.Na/c1-16(2)22-11-14(25-16)12-24-26(19,20)23-9-8-17-15(18)21-10-13-6-4-3-5-7-13;/h3-7,14H,8-12H2,1-2H3,(H,17,18)(H,19,20);/q;+1/p-1. The van der Waals surface area contributed by atoms with Gasteiger partial charge in [-0.25, -0.2) is 4.79 Å². The monoisotopic (exact) mass is 411 g/mol. The van der Waals surface area contributed by atoms with E-state index in [1.165, 1.54) is 0 Å². The van der Waals surface area contributed by atoms with Crippen LogP contribution in [-0.4, -0.2) is 44.3 Å². The van der Waals surface area contributed by atoms with E-state index in [0.717, 1.165) is 5.56 Å². The number of benzene rings is 1. The van der Waals surface area contributed by atoms with Crippen molar-refractivity contribution in [2.75, 3.05) is 26.4 Å². The van der Waals surface area contributed by atoms with Crippen LogP contribution >= 0.6 is 7.82 Å². The molecule has 1 fully saturated rings. The molecule has 0 bridgehead atoms. The Labute approximate surface area is 180 Å². The number of carbonyl (C=O) groups is 1. The number of rotatable bonds is 9. The Bertz CT molecular complexity index is 630. The predicted octanol–water partition coefficient (Wildman–Crippen LogP) is -1.43. The van der Waals surface area contributed by atoms with E-state index in [1.807, 2.05) is 30.3 Å². The van der Waals surface area contributed by atoms with Crippen molar-refractivity contribution in [2.24, 2.45) is 0 Å². The van der Waals surface area contributed by atoms with Gasteiger partial charge in [0.2, 0.25) is 0 Å². The van der Waals surface area contributed by atoms with E-state index in [4.69, 9.17) is 18.7 Å². The molecular weight excluding hydrogens is 388 g/mol. The Morgan fingerprint density at radius 3 is 2.67 bits per heavy atom. The summed E-state index contributed by atoms with van der Waals surface area (Å²) in [5.41, 5.74) is 0.845. The summed E-state index contributed by atoms with van der Waals surface area (Å²) in [5.74, 6) is -0.758. The van der Waals surface area contributed by atoms with Gasteiger partial charge in [-0.2, -0.15) is 0 Å². The normalized spacial score (nSPS) is 20.3. The minimum atomic E-state index is -4.49. The first-order chi connectivity index (χ1) is 12.3. The second kappa shape index (κ2) is 11.5. The van der Waals surface area contributed by atoms with Crippen molar-refractivity contribution < 1.29 is 67.1 Å². The zero-order chi connectivity index (χ0) is 19.0. The molecule has 0 aliphatic carbocycles. The van der Waals surface area contributed by atoms with E-state index in [9.17, 15) is 14.3 Å². The molecule has 0 saturated carbocycles. The van der Waals surface area contributed by atoms with Crippen molar-refractivity contribution in [2.45, 2.75) is 32.3 Å². The van der Waals surface area contributed by atoms with Crippen LogP contribution in [0.3, 0.4) is 0 Å². The van der Waals surface area contributed by atoms with Gasteiger partial charge >= 0.3 is 35.7 Å². The molecular formula is C16H23NNaO8P. The molecule has 2 rings (SSSR count). The smallest absolute Gasteiger partial charge is 0.756 e. The van der Waals surface area contributed by atoms with Crippen molar-refractivity contribution in [3.05, 3.63) is 35.9 Å². The average Bonchev–Trinajstić information content (AvgIpc) is 2.95. The fourth-order valence-electron chi connectivity index (χ4n) is 2.14. The van der Waals surface area contributed by atoms with Gasteiger partial charge in [-0.15, -0.1) is 0 Å². The fourth-order valence-corrected chi connectivity index (χ4v) is 2.88. The van der Waals surface area contributed by atoms with E-state index in [0.29, 0.717) is 0 Å². The van der Waals surface area contributed by atoms with E-state index in [2.05, 4.69) is 9.84 Å². The number of hydrogen-bond acceptors (Lipinski definition) is 8. The van der Waals surface area contributed by atoms with Crippen LogP contribution in [0.2, 0.25) is 0 Å². The van der Waals surface area contributed by atoms with Gasteiger partial charge < -0.3 is 33.5 Å². The second-order valence-corrected chi connectivity index (χ2v) is 7.43. The summed E-state index contributed by atoms with van der Waals surface area (Å²) < 4.78 is 36.8. The first-order valence-electron chi connectivity index (χ1n) is 8.12. The molecule has 1 saturated heterocycles. The number of alkyl carbamates (subject to hydrolysis) is 1. The second-order valence-electron chi connectivity index (χ2n) is 6.02. The van der Waals surface area contributed by atoms with E-state index >= 15 is 0 Å². The summed E-state index contributed by atoms with van der Waals surface area (Å²) in [5, 5.41) is 2.39. The summed E-state index contributed by atoms with van der Waals surface area (Å²) in [4.78, 5) is 23.2. The Morgan fingerprint density at radius 1 is 1.33 bits per heavy atom. The van der Waals surface area contributed by atoms with Gasteiger partial charge in [0.25, 0.3) is 7.82 Å². The van der Waals surface area contributed by atoms with Gasteiger partial charge in [0, 0.05) is 6.54 Å². The van der Waals surface area contributed by atoms with Gasteiger partial charge in [-0.3, -0.25) is 4.57 Å². The predicted molar refractivity (Wildman–Crippen MR) is 89.0 cm³/mol. The molecule has 1 N–H and O–H groups in total. The largest absolute Gasteiger partial charge is 1.00 e. The molecule has 1 heterocycles. The van der Waals surface area contributed by atoms with Gasteiger partial charge in [-0.05, 0) is 19.4 Å². The molecule has 1 aliphatic rings. The third kappa shape index (κ3) is 10.0. The average molecular weight is 411 g/mol. The van der Waals surface area contributed by atoms with Gasteiger partial charge in [-0.1, -0.05) is 30.3 Å². The summed E-state index contributed by atoms with van der Waals surface area (Å²) >= 11 is 0. The van der Waals surface area contributed by atoms with Crippen LogP contribution in [0.5, 0.6) is 0 Å². The van der Waals surface area contributed by atoms with Crippen LogP contribution in [0.1, 0.15) is 19.4 Å². The maximum Gasteiger partial charge on any atom is 1.00 e. The van der Waals surface area contributed by atoms with Gasteiger partial charge in [0.05, 0.1) is 19.8 Å². The molecule has 1 aromatic rings. The summed E-state index contributed by atoms with van der Waals surface area (Å²) in [6.07, 6.45) is -1.15. The molecule has 27 heavy (non-hydrogen) atoms. The van der Waals surface area contributed by atoms with Crippen molar-refractivity contribution in [1.82, 2.24) is 5.32 Å². The number of nitrogens with one attached hydrogen (secondary N) is 1. The molecule has 1 aromatic carbocycles. The Kier molecular flexibility index (Phi) is 10.5. The maximum atomic E-state index is 11.6. The minimum Gasteiger partial charge on any atom is -0.756 e. The third-order valence-electron chi connectivity index (χ3n) is 3.32. The number of hydrogen-bond donors (Lipinski definition) is 1. The SMILES string of the molecule is CC1(C)OCC(COP(=O)([O-])OCCNC(=O)OCc2ccccc2)O1.[Na+]. The molecule has 1 aliphatic heterocycles.